The molecule has 156 valence electrons. The molecule has 4 aromatic carbocycles. The first-order chi connectivity index (χ1) is 15.7. The largest absolute Gasteiger partial charge is 2.00 e. The third-order valence-electron chi connectivity index (χ3n) is 4.96. The minimum Gasteiger partial charge on any atom is -0.872 e. The molecule has 0 radical (unpaired) electrons. The molecule has 0 fully saturated rings. The maximum atomic E-state index is 11.6. The summed E-state index contributed by atoms with van der Waals surface area (Å²) < 4.78 is 11.2. The van der Waals surface area contributed by atoms with Crippen LogP contribution in [0, 0.1) is 0 Å². The van der Waals surface area contributed by atoms with Crippen LogP contribution in [0.4, 0.5) is 0 Å². The van der Waals surface area contributed by atoms with E-state index in [0.717, 1.165) is 22.2 Å². The van der Waals surface area contributed by atoms with Crippen LogP contribution in [-0.2, 0) is 0 Å². The normalized spacial score (nSPS) is 10.4. The number of fused-ring (bicyclic) bond motifs is 2. The predicted molar refractivity (Wildman–Crippen MR) is 121 cm³/mol. The van der Waals surface area contributed by atoms with Crippen molar-refractivity contribution in [1.29, 1.82) is 0 Å². The average Bonchev–Trinajstić information content (AvgIpc) is 3.44. The van der Waals surface area contributed by atoms with E-state index in [9.17, 15) is 10.2 Å². The summed E-state index contributed by atoms with van der Waals surface area (Å²) in [7, 11) is 0. The standard InChI is InChI=1S/2C13H9NO2.Be/c2*15-11-7-3-1-5-9(11)13-14-10-6-2-4-8-12(10)16-13;/h2*1-8,15H;/q;;+2. The minimum absolute atomic E-state index is 0. The smallest absolute Gasteiger partial charge is 0.872 e. The van der Waals surface area contributed by atoms with Gasteiger partial charge in [0.2, 0.25) is 22.2 Å². The molecule has 2 heterocycles. The number of aromatic nitrogens is 2. The van der Waals surface area contributed by atoms with Gasteiger partial charge in [0.1, 0.15) is 0 Å². The van der Waals surface area contributed by atoms with Crippen molar-refractivity contribution in [3.05, 3.63) is 97.1 Å². The first kappa shape index (κ1) is 21.8. The van der Waals surface area contributed by atoms with Gasteiger partial charge in [-0.3, -0.25) is 0 Å². The number of rotatable bonds is 2. The second-order valence-electron chi connectivity index (χ2n) is 7.10. The zero-order chi connectivity index (χ0) is 21.9. The number of benzene rings is 4. The van der Waals surface area contributed by atoms with E-state index >= 15 is 0 Å². The maximum absolute atomic E-state index is 11.6. The van der Waals surface area contributed by atoms with Crippen LogP contribution in [0.3, 0.4) is 0 Å². The molecule has 6 nitrogen and oxygen atoms in total. The number of nitrogens with one attached hydrogen (secondary N) is 2. The zero-order valence-electron chi connectivity index (χ0n) is 17.6. The van der Waals surface area contributed by atoms with Crippen LogP contribution in [0.25, 0.3) is 45.1 Å². The summed E-state index contributed by atoms with van der Waals surface area (Å²) in [6.07, 6.45) is 0. The molecule has 0 saturated heterocycles. The Morgan fingerprint density at radius 1 is 0.485 bits per heavy atom. The Balaban J connectivity index is 0.000000152. The number of aromatic amines is 2. The molecule has 2 N–H and O–H groups in total. The molecule has 0 aliphatic heterocycles. The molecular weight excluding hydrogens is 413 g/mol. The third kappa shape index (κ3) is 4.47. The fraction of sp³-hybridized carbons (Fsp3) is 0. The Kier molecular flexibility index (Phi) is 6.20. The van der Waals surface area contributed by atoms with E-state index in [1.807, 2.05) is 60.7 Å². The fourth-order valence-electron chi connectivity index (χ4n) is 3.39. The van der Waals surface area contributed by atoms with Gasteiger partial charge < -0.3 is 19.0 Å². The fourth-order valence-corrected chi connectivity index (χ4v) is 3.39. The van der Waals surface area contributed by atoms with Gasteiger partial charge >= 0.3 is 21.9 Å². The van der Waals surface area contributed by atoms with Crippen molar-refractivity contribution in [3.63, 3.8) is 0 Å². The molecule has 0 saturated carbocycles. The monoisotopic (exact) mass is 431 g/mol. The Labute approximate surface area is 193 Å². The van der Waals surface area contributed by atoms with E-state index in [0.29, 0.717) is 22.9 Å². The molecule has 0 unspecified atom stereocenters. The van der Waals surface area contributed by atoms with Crippen molar-refractivity contribution in [3.8, 4) is 34.4 Å². The molecular formula is C26H18BeN2O4+2. The van der Waals surface area contributed by atoms with Crippen LogP contribution in [-0.4, -0.2) is 10.1 Å². The van der Waals surface area contributed by atoms with Gasteiger partial charge in [0.25, 0.3) is 0 Å². The molecule has 33 heavy (non-hydrogen) atoms. The van der Waals surface area contributed by atoms with Gasteiger partial charge in [0.15, 0.2) is 0 Å². The minimum atomic E-state index is -0.0437. The SMILES string of the molecule is [Be+2].[O-]c1ccccc1-c1[nH+]c2ccccc2o1.[O-]c1ccccc1-c1[nH+]c2ccccc2o1. The molecule has 0 atom stereocenters. The summed E-state index contributed by atoms with van der Waals surface area (Å²) in [4.78, 5) is 6.17. The van der Waals surface area contributed by atoms with Gasteiger partial charge in [-0.25, -0.2) is 0 Å². The molecule has 2 aromatic heterocycles. The van der Waals surface area contributed by atoms with Crippen molar-refractivity contribution in [1.82, 2.24) is 0 Å². The molecule has 0 aliphatic carbocycles. The summed E-state index contributed by atoms with van der Waals surface area (Å²) in [5.74, 6) is 0.925. The van der Waals surface area contributed by atoms with Crippen LogP contribution >= 0.6 is 0 Å². The number of hydrogen-bond donors (Lipinski definition) is 0. The van der Waals surface area contributed by atoms with Gasteiger partial charge in [-0.05, 0) is 24.3 Å². The van der Waals surface area contributed by atoms with Crippen molar-refractivity contribution in [2.24, 2.45) is 0 Å². The molecule has 0 aliphatic rings. The van der Waals surface area contributed by atoms with E-state index in [4.69, 9.17) is 8.83 Å². The maximum Gasteiger partial charge on any atom is 2.00 e. The first-order valence-corrected chi connectivity index (χ1v) is 10.0. The Bertz CT molecular complexity index is 1340. The Morgan fingerprint density at radius 2 is 0.848 bits per heavy atom. The molecule has 6 aromatic rings. The summed E-state index contributed by atoms with van der Waals surface area (Å²) in [5, 5.41) is 23.2. The Morgan fingerprint density at radius 3 is 1.24 bits per heavy atom. The predicted octanol–water partition coefficient (Wildman–Crippen LogP) is 3.59. The molecule has 6 rings (SSSR count). The van der Waals surface area contributed by atoms with Crippen molar-refractivity contribution in [2.45, 2.75) is 0 Å². The Hall–Kier alpha value is -4.41. The molecule has 0 bridgehead atoms. The summed E-state index contributed by atoms with van der Waals surface area (Å²) in [6, 6.07) is 28.8. The number of H-pyrrole nitrogens is 2. The number of para-hydroxylation sites is 6. The number of hydrogen-bond acceptors (Lipinski definition) is 4. The van der Waals surface area contributed by atoms with Gasteiger partial charge in [0, 0.05) is 12.1 Å². The van der Waals surface area contributed by atoms with E-state index in [-0.39, 0.29) is 21.6 Å². The van der Waals surface area contributed by atoms with Gasteiger partial charge in [-0.15, -0.1) is 0 Å². The van der Waals surface area contributed by atoms with Crippen molar-refractivity contribution < 1.29 is 29.0 Å². The van der Waals surface area contributed by atoms with E-state index < -0.39 is 0 Å². The summed E-state index contributed by atoms with van der Waals surface area (Å²) in [5.41, 5.74) is 4.39. The molecule has 7 heteroatoms. The van der Waals surface area contributed by atoms with Crippen LogP contribution in [0.5, 0.6) is 11.5 Å². The van der Waals surface area contributed by atoms with Crippen LogP contribution in [0.1, 0.15) is 0 Å². The van der Waals surface area contributed by atoms with E-state index in [2.05, 4.69) is 9.97 Å². The van der Waals surface area contributed by atoms with Crippen molar-refractivity contribution in [2.75, 3.05) is 0 Å². The van der Waals surface area contributed by atoms with Gasteiger partial charge in [0.05, 0.1) is 11.1 Å². The van der Waals surface area contributed by atoms with Gasteiger partial charge in [-0.1, -0.05) is 72.2 Å². The van der Waals surface area contributed by atoms with Gasteiger partial charge in [-0.2, -0.15) is 9.97 Å². The van der Waals surface area contributed by atoms with Crippen LogP contribution in [0.15, 0.2) is 106 Å². The van der Waals surface area contributed by atoms with Crippen LogP contribution < -0.4 is 20.2 Å². The van der Waals surface area contributed by atoms with Crippen molar-refractivity contribution >= 4 is 32.3 Å². The quantitative estimate of drug-likeness (QED) is 0.391. The average molecular weight is 431 g/mol. The third-order valence-corrected chi connectivity index (χ3v) is 4.96. The summed E-state index contributed by atoms with van der Waals surface area (Å²) in [6.45, 7) is 0. The zero-order valence-corrected chi connectivity index (χ0v) is 17.6. The topological polar surface area (TPSA) is 101 Å². The molecule has 0 amide bonds. The van der Waals surface area contributed by atoms with E-state index in [1.165, 1.54) is 12.1 Å². The van der Waals surface area contributed by atoms with E-state index in [1.54, 1.807) is 24.3 Å². The van der Waals surface area contributed by atoms with Crippen LogP contribution in [0.2, 0.25) is 0 Å². The second-order valence-corrected chi connectivity index (χ2v) is 7.10. The second kappa shape index (κ2) is 9.38. The summed E-state index contributed by atoms with van der Waals surface area (Å²) >= 11 is 0. The first-order valence-electron chi connectivity index (χ1n) is 10.0. The number of oxazole rings is 2. The molecule has 0 spiro atoms.